The van der Waals surface area contributed by atoms with Crippen LogP contribution in [-0.2, 0) is 16.0 Å². The minimum Gasteiger partial charge on any atom is -0.466 e. The molecule has 0 fully saturated rings. The van der Waals surface area contributed by atoms with Gasteiger partial charge in [0.1, 0.15) is 0 Å². The first kappa shape index (κ1) is 10.6. The van der Waals surface area contributed by atoms with Gasteiger partial charge in [0.2, 0.25) is 0 Å². The Morgan fingerprint density at radius 1 is 1.73 bits per heavy atom. The van der Waals surface area contributed by atoms with E-state index in [0.717, 1.165) is 28.6 Å². The summed E-state index contributed by atoms with van der Waals surface area (Å²) in [6.07, 6.45) is 3.45. The van der Waals surface area contributed by atoms with Crippen molar-refractivity contribution in [3.63, 3.8) is 0 Å². The Labute approximate surface area is 97.0 Å². The molecule has 1 atom stereocenters. The van der Waals surface area contributed by atoms with Crippen molar-refractivity contribution < 1.29 is 9.53 Å². The number of halogens is 1. The minimum atomic E-state index is -0.129. The van der Waals surface area contributed by atoms with Crippen LogP contribution in [0, 0.1) is 0 Å². The molecular formula is C11H12BrNO2. The quantitative estimate of drug-likeness (QED) is 0.775. The monoisotopic (exact) mass is 269 g/mol. The van der Waals surface area contributed by atoms with E-state index in [-0.39, 0.29) is 11.9 Å². The predicted molar refractivity (Wildman–Crippen MR) is 59.6 cm³/mol. The molecule has 0 spiro atoms. The van der Waals surface area contributed by atoms with Gasteiger partial charge in [-0.15, -0.1) is 0 Å². The Bertz CT molecular complexity index is 392. The number of hydrogen-bond acceptors (Lipinski definition) is 3. The number of aryl methyl sites for hydroxylation is 1. The summed E-state index contributed by atoms with van der Waals surface area (Å²) in [6, 6.07) is 1.97. The van der Waals surface area contributed by atoms with E-state index in [9.17, 15) is 4.79 Å². The minimum absolute atomic E-state index is 0.120. The lowest BCUT2D eigenvalue weighted by molar-refractivity contribution is -0.144. The van der Waals surface area contributed by atoms with Crippen LogP contribution in [-0.4, -0.2) is 17.6 Å². The van der Waals surface area contributed by atoms with Gasteiger partial charge in [-0.1, -0.05) is 0 Å². The van der Waals surface area contributed by atoms with E-state index in [4.69, 9.17) is 4.74 Å². The molecule has 1 aromatic rings. The van der Waals surface area contributed by atoms with Crippen molar-refractivity contribution in [2.45, 2.75) is 25.7 Å². The number of hydrogen-bond donors (Lipinski definition) is 0. The Morgan fingerprint density at radius 3 is 3.27 bits per heavy atom. The number of esters is 1. The number of carbonyl (C=O) groups is 1. The highest BCUT2D eigenvalue weighted by molar-refractivity contribution is 9.10. The van der Waals surface area contributed by atoms with Gasteiger partial charge in [-0.05, 0) is 47.3 Å². The van der Waals surface area contributed by atoms with E-state index in [1.807, 2.05) is 13.0 Å². The summed E-state index contributed by atoms with van der Waals surface area (Å²) in [6.45, 7) is 2.26. The molecule has 4 heteroatoms. The van der Waals surface area contributed by atoms with E-state index in [0.29, 0.717) is 6.61 Å². The van der Waals surface area contributed by atoms with E-state index >= 15 is 0 Å². The summed E-state index contributed by atoms with van der Waals surface area (Å²) < 4.78 is 5.95. The Hall–Kier alpha value is -0.900. The molecule has 0 aromatic carbocycles. The van der Waals surface area contributed by atoms with Crippen LogP contribution < -0.4 is 0 Å². The molecule has 0 saturated heterocycles. The van der Waals surface area contributed by atoms with E-state index < -0.39 is 0 Å². The van der Waals surface area contributed by atoms with E-state index in [2.05, 4.69) is 20.9 Å². The summed E-state index contributed by atoms with van der Waals surface area (Å²) in [5.41, 5.74) is 2.04. The van der Waals surface area contributed by atoms with Gasteiger partial charge in [0, 0.05) is 16.4 Å². The summed E-state index contributed by atoms with van der Waals surface area (Å²) in [5, 5.41) is 0. The lowest BCUT2D eigenvalue weighted by atomic mass is 10.0. The van der Waals surface area contributed by atoms with Crippen LogP contribution in [0.1, 0.15) is 30.5 Å². The second kappa shape index (κ2) is 4.31. The first-order chi connectivity index (χ1) is 7.22. The topological polar surface area (TPSA) is 39.2 Å². The molecule has 15 heavy (non-hydrogen) atoms. The van der Waals surface area contributed by atoms with Gasteiger partial charge >= 0.3 is 5.97 Å². The molecule has 0 radical (unpaired) electrons. The largest absolute Gasteiger partial charge is 0.466 e. The van der Waals surface area contributed by atoms with E-state index in [1.54, 1.807) is 6.20 Å². The molecular weight excluding hydrogens is 258 g/mol. The maximum Gasteiger partial charge on any atom is 0.313 e. The molecule has 0 amide bonds. The first-order valence-corrected chi connectivity index (χ1v) is 5.82. The molecule has 1 unspecified atom stereocenters. The maximum absolute atomic E-state index is 11.7. The zero-order valence-electron chi connectivity index (χ0n) is 8.50. The third-order valence-electron chi connectivity index (χ3n) is 2.59. The zero-order chi connectivity index (χ0) is 10.8. The lowest BCUT2D eigenvalue weighted by Crippen LogP contribution is -2.13. The summed E-state index contributed by atoms with van der Waals surface area (Å²) in [5.74, 6) is -0.249. The average Bonchev–Trinajstić information content (AvgIpc) is 2.60. The standard InChI is InChI=1S/C11H12BrNO2/c1-2-15-11(14)8-3-4-10-9(8)5-7(12)6-13-10/h5-6,8H,2-4H2,1H3. The first-order valence-electron chi connectivity index (χ1n) is 5.03. The van der Waals surface area contributed by atoms with Crippen molar-refractivity contribution in [3.05, 3.63) is 28.0 Å². The van der Waals surface area contributed by atoms with Gasteiger partial charge in [-0.2, -0.15) is 0 Å². The van der Waals surface area contributed by atoms with Crippen molar-refractivity contribution >= 4 is 21.9 Å². The van der Waals surface area contributed by atoms with Gasteiger partial charge in [-0.25, -0.2) is 0 Å². The highest BCUT2D eigenvalue weighted by Gasteiger charge is 2.30. The number of fused-ring (bicyclic) bond motifs is 1. The van der Waals surface area contributed by atoms with Gasteiger partial charge in [0.25, 0.3) is 0 Å². The fourth-order valence-electron chi connectivity index (χ4n) is 1.92. The third kappa shape index (κ3) is 2.04. The van der Waals surface area contributed by atoms with Gasteiger partial charge in [0.15, 0.2) is 0 Å². The second-order valence-electron chi connectivity index (χ2n) is 3.53. The number of ether oxygens (including phenoxy) is 1. The normalized spacial score (nSPS) is 18.7. The lowest BCUT2D eigenvalue weighted by Gasteiger charge is -2.09. The van der Waals surface area contributed by atoms with Crippen molar-refractivity contribution in [1.82, 2.24) is 4.98 Å². The van der Waals surface area contributed by atoms with Crippen LogP contribution in [0.4, 0.5) is 0 Å². The molecule has 0 N–H and O–H groups in total. The average molecular weight is 270 g/mol. The molecule has 0 saturated carbocycles. The molecule has 1 aliphatic carbocycles. The van der Waals surface area contributed by atoms with Gasteiger partial charge < -0.3 is 4.74 Å². The highest BCUT2D eigenvalue weighted by atomic mass is 79.9. The molecule has 1 heterocycles. The maximum atomic E-state index is 11.7. The Morgan fingerprint density at radius 2 is 2.53 bits per heavy atom. The predicted octanol–water partition coefficient (Wildman–Crippen LogP) is 2.44. The van der Waals surface area contributed by atoms with Crippen LogP contribution in [0.15, 0.2) is 16.7 Å². The SMILES string of the molecule is CCOC(=O)C1CCc2ncc(Br)cc21. The number of aromatic nitrogens is 1. The molecule has 3 nitrogen and oxygen atoms in total. The zero-order valence-corrected chi connectivity index (χ0v) is 10.1. The van der Waals surface area contributed by atoms with Crippen molar-refractivity contribution in [1.29, 1.82) is 0 Å². The van der Waals surface area contributed by atoms with Gasteiger partial charge in [-0.3, -0.25) is 9.78 Å². The molecule has 1 aromatic heterocycles. The van der Waals surface area contributed by atoms with Gasteiger partial charge in [0.05, 0.1) is 12.5 Å². The summed E-state index contributed by atoms with van der Waals surface area (Å²) in [4.78, 5) is 16.0. The van der Waals surface area contributed by atoms with Crippen LogP contribution in [0.5, 0.6) is 0 Å². The van der Waals surface area contributed by atoms with Crippen molar-refractivity contribution in [3.8, 4) is 0 Å². The fourth-order valence-corrected chi connectivity index (χ4v) is 2.27. The second-order valence-corrected chi connectivity index (χ2v) is 4.45. The van der Waals surface area contributed by atoms with E-state index in [1.165, 1.54) is 0 Å². The molecule has 2 rings (SSSR count). The molecule has 1 aliphatic rings. The molecule has 0 bridgehead atoms. The number of carbonyl (C=O) groups excluding carboxylic acids is 1. The molecule has 0 aliphatic heterocycles. The summed E-state index contributed by atoms with van der Waals surface area (Å²) >= 11 is 3.37. The number of rotatable bonds is 2. The smallest absolute Gasteiger partial charge is 0.313 e. The summed E-state index contributed by atoms with van der Waals surface area (Å²) in [7, 11) is 0. The van der Waals surface area contributed by atoms with Crippen LogP contribution in [0.3, 0.4) is 0 Å². The Balaban J connectivity index is 2.27. The molecule has 80 valence electrons. The van der Waals surface area contributed by atoms with Crippen LogP contribution in [0.2, 0.25) is 0 Å². The fraction of sp³-hybridized carbons (Fsp3) is 0.455. The van der Waals surface area contributed by atoms with Crippen LogP contribution in [0.25, 0.3) is 0 Å². The highest BCUT2D eigenvalue weighted by Crippen LogP contribution is 2.34. The number of nitrogens with zero attached hydrogens (tertiary/aromatic N) is 1. The Kier molecular flexibility index (Phi) is 3.05. The van der Waals surface area contributed by atoms with Crippen molar-refractivity contribution in [2.75, 3.05) is 6.61 Å². The number of pyridine rings is 1. The van der Waals surface area contributed by atoms with Crippen LogP contribution >= 0.6 is 15.9 Å². The third-order valence-corrected chi connectivity index (χ3v) is 3.02. The van der Waals surface area contributed by atoms with Crippen molar-refractivity contribution in [2.24, 2.45) is 0 Å².